The Morgan fingerprint density at radius 2 is 1.34 bits per heavy atom. The van der Waals surface area contributed by atoms with E-state index in [-0.39, 0.29) is 10.3 Å². The molecule has 9 nitrogen and oxygen atoms in total. The van der Waals surface area contributed by atoms with Crippen LogP contribution in [0.4, 0.5) is 20.2 Å². The van der Waals surface area contributed by atoms with E-state index in [0.717, 1.165) is 4.90 Å². The molecule has 176 valence electrons. The molecule has 0 fully saturated rings. The van der Waals surface area contributed by atoms with Crippen LogP contribution in [0.2, 0.25) is 0 Å². The minimum atomic E-state index is -0.939. The van der Waals surface area contributed by atoms with Crippen LogP contribution in [0.5, 0.6) is 0 Å². The van der Waals surface area contributed by atoms with Gasteiger partial charge < -0.3 is 14.2 Å². The molecule has 2 amide bonds. The maximum atomic E-state index is 12.9. The summed E-state index contributed by atoms with van der Waals surface area (Å²) in [6, 6.07) is 3.15. The standard InChI is InChI=1S/C22H30BrN3O6/c1-20(2,3)30-17(27)25-11-10-14-15(25)12-13(23)16(24-14)26(18(28)31-21(4,5)6)19(29)32-22(7,8)9/h10-12H,1-9H3. The van der Waals surface area contributed by atoms with Crippen molar-refractivity contribution in [1.82, 2.24) is 9.55 Å². The fraction of sp³-hybridized carbons (Fsp3) is 0.545. The molecule has 0 aliphatic carbocycles. The Hall–Kier alpha value is -2.62. The number of ether oxygens (including phenoxy) is 3. The van der Waals surface area contributed by atoms with E-state index in [9.17, 15) is 14.4 Å². The highest BCUT2D eigenvalue weighted by Crippen LogP contribution is 2.31. The molecule has 32 heavy (non-hydrogen) atoms. The van der Waals surface area contributed by atoms with Gasteiger partial charge in [0.15, 0.2) is 5.82 Å². The van der Waals surface area contributed by atoms with Gasteiger partial charge in [-0.1, -0.05) is 0 Å². The number of hydrogen-bond acceptors (Lipinski definition) is 7. The number of imide groups is 1. The van der Waals surface area contributed by atoms with Crippen LogP contribution in [0.15, 0.2) is 22.8 Å². The number of nitrogens with zero attached hydrogens (tertiary/aromatic N) is 3. The lowest BCUT2D eigenvalue weighted by Crippen LogP contribution is -2.44. The fourth-order valence-electron chi connectivity index (χ4n) is 2.51. The average molecular weight is 512 g/mol. The summed E-state index contributed by atoms with van der Waals surface area (Å²) in [6.45, 7) is 15.4. The highest BCUT2D eigenvalue weighted by Gasteiger charge is 2.35. The Labute approximate surface area is 196 Å². The lowest BCUT2D eigenvalue weighted by atomic mass is 10.2. The maximum absolute atomic E-state index is 12.9. The van der Waals surface area contributed by atoms with Gasteiger partial charge >= 0.3 is 18.3 Å². The highest BCUT2D eigenvalue weighted by atomic mass is 79.9. The van der Waals surface area contributed by atoms with Crippen LogP contribution in [0.25, 0.3) is 11.0 Å². The zero-order valence-electron chi connectivity index (χ0n) is 19.9. The van der Waals surface area contributed by atoms with Crippen molar-refractivity contribution >= 4 is 51.1 Å². The van der Waals surface area contributed by atoms with Crippen LogP contribution in [0, 0.1) is 0 Å². The van der Waals surface area contributed by atoms with Gasteiger partial charge in [0.25, 0.3) is 0 Å². The molecule has 0 atom stereocenters. The Bertz CT molecular complexity index is 1010. The van der Waals surface area contributed by atoms with Gasteiger partial charge in [-0.05, 0) is 90.4 Å². The van der Waals surface area contributed by atoms with Crippen LogP contribution in [-0.4, -0.2) is 44.6 Å². The summed E-state index contributed by atoms with van der Waals surface area (Å²) in [7, 11) is 0. The van der Waals surface area contributed by atoms with E-state index >= 15 is 0 Å². The summed E-state index contributed by atoms with van der Waals surface area (Å²) >= 11 is 3.36. The Kier molecular flexibility index (Phi) is 6.99. The first-order valence-corrected chi connectivity index (χ1v) is 10.8. The lowest BCUT2D eigenvalue weighted by molar-refractivity contribution is 0.0426. The van der Waals surface area contributed by atoms with E-state index in [1.165, 1.54) is 10.8 Å². The summed E-state index contributed by atoms with van der Waals surface area (Å²) in [5, 5.41) is 0. The van der Waals surface area contributed by atoms with Crippen LogP contribution < -0.4 is 4.90 Å². The third-order valence-electron chi connectivity index (χ3n) is 3.56. The third-order valence-corrected chi connectivity index (χ3v) is 4.14. The number of hydrogen-bond donors (Lipinski definition) is 0. The average Bonchev–Trinajstić information content (AvgIpc) is 2.92. The van der Waals surface area contributed by atoms with Crippen molar-refractivity contribution < 1.29 is 28.6 Å². The molecule has 2 heterocycles. The van der Waals surface area contributed by atoms with Gasteiger partial charge in [-0.15, -0.1) is 0 Å². The second-order valence-corrected chi connectivity index (χ2v) is 11.0. The van der Waals surface area contributed by atoms with E-state index in [1.807, 2.05) is 0 Å². The SMILES string of the molecule is CC(C)(C)OC(=O)N(C(=O)OC(C)(C)C)c1nc2ccn(C(=O)OC(C)(C)C)c2cc1Br. The van der Waals surface area contributed by atoms with Crippen molar-refractivity contribution in [3.8, 4) is 0 Å². The van der Waals surface area contributed by atoms with E-state index in [4.69, 9.17) is 14.2 Å². The van der Waals surface area contributed by atoms with E-state index in [1.54, 1.807) is 74.4 Å². The number of anilines is 1. The first-order valence-electron chi connectivity index (χ1n) is 10.0. The quantitative estimate of drug-likeness (QED) is 0.416. The molecule has 0 saturated carbocycles. The molecule has 0 bridgehead atoms. The van der Waals surface area contributed by atoms with Crippen LogP contribution in [0.3, 0.4) is 0 Å². The molecular weight excluding hydrogens is 482 g/mol. The molecule has 0 unspecified atom stereocenters. The summed E-state index contributed by atoms with van der Waals surface area (Å²) in [4.78, 5) is 43.5. The van der Waals surface area contributed by atoms with Crippen molar-refractivity contribution in [2.24, 2.45) is 0 Å². The predicted molar refractivity (Wildman–Crippen MR) is 124 cm³/mol. The Morgan fingerprint density at radius 1 is 0.875 bits per heavy atom. The first kappa shape index (κ1) is 25.6. The van der Waals surface area contributed by atoms with Gasteiger partial charge in [0.2, 0.25) is 0 Å². The number of fused-ring (bicyclic) bond motifs is 1. The number of amides is 2. The molecule has 10 heteroatoms. The van der Waals surface area contributed by atoms with Gasteiger partial charge in [0.05, 0.1) is 15.5 Å². The molecule has 0 aliphatic rings. The predicted octanol–water partition coefficient (Wildman–Crippen LogP) is 6.26. The van der Waals surface area contributed by atoms with Gasteiger partial charge in [-0.3, -0.25) is 4.57 Å². The number of pyridine rings is 1. The molecule has 0 saturated heterocycles. The van der Waals surface area contributed by atoms with Crippen LogP contribution in [0.1, 0.15) is 62.3 Å². The molecule has 0 aliphatic heterocycles. The second kappa shape index (κ2) is 8.73. The summed E-state index contributed by atoms with van der Waals surface area (Å²) in [5.41, 5.74) is -1.58. The van der Waals surface area contributed by atoms with Gasteiger partial charge in [-0.2, -0.15) is 4.90 Å². The molecule has 2 aromatic rings. The maximum Gasteiger partial charge on any atom is 0.425 e. The van der Waals surface area contributed by atoms with Crippen molar-refractivity contribution in [3.05, 3.63) is 22.8 Å². The molecule has 0 N–H and O–H groups in total. The van der Waals surface area contributed by atoms with Crippen LogP contribution in [-0.2, 0) is 14.2 Å². The van der Waals surface area contributed by atoms with Crippen molar-refractivity contribution in [2.45, 2.75) is 79.1 Å². The number of aromatic nitrogens is 2. The smallest absolute Gasteiger partial charge is 0.425 e. The molecule has 2 rings (SSSR count). The van der Waals surface area contributed by atoms with Gasteiger partial charge in [0.1, 0.15) is 16.8 Å². The lowest BCUT2D eigenvalue weighted by Gasteiger charge is -2.28. The molecule has 0 aromatic carbocycles. The zero-order valence-corrected chi connectivity index (χ0v) is 21.5. The number of carbonyl (C=O) groups excluding carboxylic acids is 3. The fourth-order valence-corrected chi connectivity index (χ4v) is 3.00. The summed E-state index contributed by atoms with van der Waals surface area (Å²) in [5.74, 6) is -0.0251. The largest absolute Gasteiger partial charge is 0.443 e. The van der Waals surface area contributed by atoms with E-state index < -0.39 is 35.1 Å². The Balaban J connectivity index is 2.56. The summed E-state index contributed by atoms with van der Waals surface area (Å²) in [6.07, 6.45) is -0.949. The molecule has 0 spiro atoms. The minimum absolute atomic E-state index is 0.0251. The minimum Gasteiger partial charge on any atom is -0.443 e. The first-order chi connectivity index (χ1) is 14.4. The van der Waals surface area contributed by atoms with E-state index in [2.05, 4.69) is 20.9 Å². The highest BCUT2D eigenvalue weighted by molar-refractivity contribution is 9.10. The second-order valence-electron chi connectivity index (χ2n) is 10.2. The molecule has 0 radical (unpaired) electrons. The zero-order chi connectivity index (χ0) is 24.6. The van der Waals surface area contributed by atoms with Gasteiger partial charge in [0, 0.05) is 6.20 Å². The Morgan fingerprint density at radius 3 is 1.78 bits per heavy atom. The summed E-state index contributed by atoms with van der Waals surface area (Å²) < 4.78 is 17.8. The van der Waals surface area contributed by atoms with E-state index in [0.29, 0.717) is 11.0 Å². The monoisotopic (exact) mass is 511 g/mol. The normalized spacial score (nSPS) is 12.4. The number of rotatable bonds is 1. The van der Waals surface area contributed by atoms with Gasteiger partial charge in [-0.25, -0.2) is 19.4 Å². The van der Waals surface area contributed by atoms with Crippen molar-refractivity contribution in [3.63, 3.8) is 0 Å². The molecule has 2 aromatic heterocycles. The van der Waals surface area contributed by atoms with Crippen LogP contribution >= 0.6 is 15.9 Å². The number of carbonyl (C=O) groups is 3. The third kappa shape index (κ3) is 6.69. The molecular formula is C22H30BrN3O6. The van der Waals surface area contributed by atoms with Crippen molar-refractivity contribution in [1.29, 1.82) is 0 Å². The van der Waals surface area contributed by atoms with Crippen molar-refractivity contribution in [2.75, 3.05) is 4.90 Å². The topological polar surface area (TPSA) is 100.0 Å². The number of halogens is 1.